The molecule has 0 spiro atoms. The number of hydrogen-bond donors (Lipinski definition) is 2. The van der Waals surface area contributed by atoms with Gasteiger partial charge in [0, 0.05) is 18.9 Å². The lowest BCUT2D eigenvalue weighted by molar-refractivity contribution is 0.0950. The zero-order chi connectivity index (χ0) is 10.7. The number of nitrogens with one attached hydrogen (secondary N) is 2. The van der Waals surface area contributed by atoms with E-state index < -0.39 is 0 Å². The van der Waals surface area contributed by atoms with Crippen molar-refractivity contribution in [1.82, 2.24) is 20.5 Å². The number of aromatic nitrogens is 3. The van der Waals surface area contributed by atoms with E-state index in [9.17, 15) is 4.79 Å². The van der Waals surface area contributed by atoms with Crippen molar-refractivity contribution in [2.45, 2.75) is 6.54 Å². The quantitative estimate of drug-likeness (QED) is 0.856. The standard InChI is InChI=1S/C8H7ClN4OS/c9-8-13-12-7(15-8)6(14)11-4-5-1-2-10-3-5/h1-3,10H,4H2,(H,11,14). The van der Waals surface area contributed by atoms with E-state index in [2.05, 4.69) is 20.5 Å². The molecule has 0 saturated carbocycles. The molecule has 0 saturated heterocycles. The minimum Gasteiger partial charge on any atom is -0.367 e. The van der Waals surface area contributed by atoms with Crippen molar-refractivity contribution in [2.24, 2.45) is 0 Å². The highest BCUT2D eigenvalue weighted by molar-refractivity contribution is 7.17. The molecule has 0 atom stereocenters. The van der Waals surface area contributed by atoms with Crippen LogP contribution >= 0.6 is 22.9 Å². The fraction of sp³-hybridized carbons (Fsp3) is 0.125. The molecule has 78 valence electrons. The topological polar surface area (TPSA) is 70.7 Å². The summed E-state index contributed by atoms with van der Waals surface area (Å²) in [6.07, 6.45) is 3.61. The predicted molar refractivity (Wildman–Crippen MR) is 56.9 cm³/mol. The molecular formula is C8H7ClN4OS. The van der Waals surface area contributed by atoms with Crippen molar-refractivity contribution in [2.75, 3.05) is 0 Å². The van der Waals surface area contributed by atoms with Gasteiger partial charge in [-0.3, -0.25) is 4.79 Å². The summed E-state index contributed by atoms with van der Waals surface area (Å²) in [4.78, 5) is 14.4. The molecule has 0 bridgehead atoms. The molecule has 5 nitrogen and oxygen atoms in total. The first-order valence-corrected chi connectivity index (χ1v) is 5.34. The Morgan fingerprint density at radius 3 is 3.07 bits per heavy atom. The van der Waals surface area contributed by atoms with Crippen LogP contribution in [0.25, 0.3) is 0 Å². The Kier molecular flexibility index (Phi) is 2.98. The molecule has 15 heavy (non-hydrogen) atoms. The monoisotopic (exact) mass is 242 g/mol. The normalized spacial score (nSPS) is 10.2. The molecule has 0 radical (unpaired) electrons. The molecule has 0 fully saturated rings. The summed E-state index contributed by atoms with van der Waals surface area (Å²) in [5, 5.41) is 10.2. The zero-order valence-electron chi connectivity index (χ0n) is 7.53. The molecule has 0 aromatic carbocycles. The minimum atomic E-state index is -0.263. The van der Waals surface area contributed by atoms with Gasteiger partial charge in [-0.25, -0.2) is 0 Å². The molecule has 2 N–H and O–H groups in total. The lowest BCUT2D eigenvalue weighted by Gasteiger charge is -1.98. The van der Waals surface area contributed by atoms with Gasteiger partial charge in [-0.05, 0) is 23.2 Å². The third kappa shape index (κ3) is 2.54. The maximum absolute atomic E-state index is 11.5. The Morgan fingerprint density at radius 2 is 2.47 bits per heavy atom. The molecule has 2 aromatic rings. The largest absolute Gasteiger partial charge is 0.367 e. The van der Waals surface area contributed by atoms with Crippen LogP contribution in [0.2, 0.25) is 4.47 Å². The van der Waals surface area contributed by atoms with Crippen LogP contribution in [-0.4, -0.2) is 21.1 Å². The number of carbonyl (C=O) groups excluding carboxylic acids is 1. The van der Waals surface area contributed by atoms with Crippen LogP contribution in [0, 0.1) is 0 Å². The van der Waals surface area contributed by atoms with E-state index in [1.165, 1.54) is 0 Å². The van der Waals surface area contributed by atoms with Gasteiger partial charge in [0.05, 0.1) is 0 Å². The summed E-state index contributed by atoms with van der Waals surface area (Å²) < 4.78 is 0.266. The van der Waals surface area contributed by atoms with E-state index >= 15 is 0 Å². The van der Waals surface area contributed by atoms with Gasteiger partial charge in [-0.2, -0.15) is 0 Å². The van der Waals surface area contributed by atoms with Gasteiger partial charge >= 0.3 is 0 Å². The van der Waals surface area contributed by atoms with Crippen molar-refractivity contribution < 1.29 is 4.79 Å². The zero-order valence-corrected chi connectivity index (χ0v) is 9.10. The maximum atomic E-state index is 11.5. The van der Waals surface area contributed by atoms with Gasteiger partial charge in [0.2, 0.25) is 9.47 Å². The first-order chi connectivity index (χ1) is 7.25. The number of aromatic amines is 1. The number of carbonyl (C=O) groups is 1. The van der Waals surface area contributed by atoms with E-state index in [0.29, 0.717) is 6.54 Å². The smallest absolute Gasteiger partial charge is 0.282 e. The number of amides is 1. The summed E-state index contributed by atoms with van der Waals surface area (Å²) in [5.74, 6) is -0.263. The summed E-state index contributed by atoms with van der Waals surface area (Å²) in [7, 11) is 0. The highest BCUT2D eigenvalue weighted by Gasteiger charge is 2.11. The minimum absolute atomic E-state index is 0.263. The van der Waals surface area contributed by atoms with Gasteiger partial charge in [-0.1, -0.05) is 11.3 Å². The van der Waals surface area contributed by atoms with Gasteiger partial charge < -0.3 is 10.3 Å². The number of halogens is 1. The van der Waals surface area contributed by atoms with Crippen LogP contribution in [0.5, 0.6) is 0 Å². The summed E-state index contributed by atoms with van der Waals surface area (Å²) >= 11 is 6.62. The average molecular weight is 243 g/mol. The van der Waals surface area contributed by atoms with Crippen molar-refractivity contribution in [3.63, 3.8) is 0 Å². The lowest BCUT2D eigenvalue weighted by atomic mass is 10.3. The highest BCUT2D eigenvalue weighted by Crippen LogP contribution is 2.14. The van der Waals surface area contributed by atoms with Crippen molar-refractivity contribution in [3.05, 3.63) is 33.5 Å². The molecule has 0 aliphatic rings. The third-order valence-electron chi connectivity index (χ3n) is 1.71. The molecule has 0 aliphatic carbocycles. The fourth-order valence-corrected chi connectivity index (χ4v) is 1.77. The number of nitrogens with zero attached hydrogens (tertiary/aromatic N) is 2. The Hall–Kier alpha value is -1.40. The number of hydrogen-bond acceptors (Lipinski definition) is 4. The lowest BCUT2D eigenvalue weighted by Crippen LogP contribution is -2.22. The summed E-state index contributed by atoms with van der Waals surface area (Å²) in [5.41, 5.74) is 0.999. The van der Waals surface area contributed by atoms with Gasteiger partial charge in [0.25, 0.3) is 5.91 Å². The summed E-state index contributed by atoms with van der Waals surface area (Å²) in [6, 6.07) is 1.88. The van der Waals surface area contributed by atoms with E-state index in [4.69, 9.17) is 11.6 Å². The van der Waals surface area contributed by atoms with Gasteiger partial charge in [0.15, 0.2) is 0 Å². The number of H-pyrrole nitrogens is 1. The molecular weight excluding hydrogens is 236 g/mol. The van der Waals surface area contributed by atoms with Crippen molar-refractivity contribution in [3.8, 4) is 0 Å². The Balaban J connectivity index is 1.93. The van der Waals surface area contributed by atoms with Crippen LogP contribution in [0.15, 0.2) is 18.5 Å². The van der Waals surface area contributed by atoms with Gasteiger partial charge in [0.1, 0.15) is 0 Å². The van der Waals surface area contributed by atoms with Crippen LogP contribution in [0.3, 0.4) is 0 Å². The molecule has 0 unspecified atom stereocenters. The van der Waals surface area contributed by atoms with E-state index in [-0.39, 0.29) is 15.4 Å². The van der Waals surface area contributed by atoms with Gasteiger partial charge in [-0.15, -0.1) is 10.2 Å². The Labute approximate surface area is 94.5 Å². The third-order valence-corrected chi connectivity index (χ3v) is 2.73. The molecule has 2 aromatic heterocycles. The van der Waals surface area contributed by atoms with Crippen LogP contribution in [-0.2, 0) is 6.54 Å². The Bertz CT molecular complexity index is 453. The van der Waals surface area contributed by atoms with Crippen LogP contribution in [0.4, 0.5) is 0 Å². The SMILES string of the molecule is O=C(NCc1cc[nH]c1)c1nnc(Cl)s1. The van der Waals surface area contributed by atoms with Crippen LogP contribution < -0.4 is 5.32 Å². The first-order valence-electron chi connectivity index (χ1n) is 4.14. The second kappa shape index (κ2) is 4.41. The van der Waals surface area contributed by atoms with E-state index in [1.54, 1.807) is 6.20 Å². The fourth-order valence-electron chi connectivity index (χ4n) is 1.02. The summed E-state index contributed by atoms with van der Waals surface area (Å²) in [6.45, 7) is 0.458. The van der Waals surface area contributed by atoms with E-state index in [1.807, 2.05) is 12.3 Å². The molecule has 2 heterocycles. The molecule has 2 rings (SSSR count). The second-order valence-corrected chi connectivity index (χ2v) is 4.32. The average Bonchev–Trinajstić information content (AvgIpc) is 2.84. The van der Waals surface area contributed by atoms with Crippen molar-refractivity contribution in [1.29, 1.82) is 0 Å². The van der Waals surface area contributed by atoms with Crippen molar-refractivity contribution >= 4 is 28.8 Å². The Morgan fingerprint density at radius 1 is 1.60 bits per heavy atom. The molecule has 1 amide bonds. The second-order valence-electron chi connectivity index (χ2n) is 2.76. The number of rotatable bonds is 3. The molecule has 0 aliphatic heterocycles. The predicted octanol–water partition coefficient (Wildman–Crippen LogP) is 1.45. The maximum Gasteiger partial charge on any atom is 0.282 e. The molecule has 7 heteroatoms. The highest BCUT2D eigenvalue weighted by atomic mass is 35.5. The van der Waals surface area contributed by atoms with Crippen LogP contribution in [0.1, 0.15) is 15.4 Å². The van der Waals surface area contributed by atoms with E-state index in [0.717, 1.165) is 16.9 Å². The first kappa shape index (κ1) is 10.1.